The van der Waals surface area contributed by atoms with E-state index in [0.717, 1.165) is 25.9 Å². The van der Waals surface area contributed by atoms with Gasteiger partial charge in [0.1, 0.15) is 6.29 Å². The van der Waals surface area contributed by atoms with Gasteiger partial charge in [-0.1, -0.05) is 0 Å². The first-order valence-electron chi connectivity index (χ1n) is 5.58. The SMILES string of the molecule is CN1CC2(CCN(C3(C=O)CC3)C2)C1. The number of aldehydes is 1. The molecule has 2 heterocycles. The molecule has 3 heteroatoms. The van der Waals surface area contributed by atoms with Gasteiger partial charge in [-0.2, -0.15) is 0 Å². The molecule has 0 amide bonds. The quantitative estimate of drug-likeness (QED) is 0.593. The van der Waals surface area contributed by atoms with Gasteiger partial charge in [-0.25, -0.2) is 0 Å². The molecule has 3 aliphatic rings. The van der Waals surface area contributed by atoms with E-state index in [-0.39, 0.29) is 5.54 Å². The largest absolute Gasteiger partial charge is 0.305 e. The van der Waals surface area contributed by atoms with Gasteiger partial charge in [-0.15, -0.1) is 0 Å². The maximum Gasteiger partial charge on any atom is 0.140 e. The van der Waals surface area contributed by atoms with E-state index < -0.39 is 0 Å². The third-order valence-corrected chi connectivity index (χ3v) is 4.26. The summed E-state index contributed by atoms with van der Waals surface area (Å²) in [5.74, 6) is 0. The number of hydrogen-bond acceptors (Lipinski definition) is 3. The molecule has 14 heavy (non-hydrogen) atoms. The maximum atomic E-state index is 11.0. The smallest absolute Gasteiger partial charge is 0.140 e. The Kier molecular flexibility index (Phi) is 1.63. The van der Waals surface area contributed by atoms with Crippen molar-refractivity contribution in [1.82, 2.24) is 9.80 Å². The molecule has 3 nitrogen and oxygen atoms in total. The standard InChI is InChI=1S/C11H18N2O/c1-12-6-10(7-12)4-5-13(8-10)11(9-14)2-3-11/h9H,2-8H2,1H3. The summed E-state index contributed by atoms with van der Waals surface area (Å²) in [4.78, 5) is 15.8. The molecule has 0 unspecified atom stereocenters. The lowest BCUT2D eigenvalue weighted by atomic mass is 9.79. The highest BCUT2D eigenvalue weighted by atomic mass is 16.1. The summed E-state index contributed by atoms with van der Waals surface area (Å²) in [7, 11) is 2.18. The fraction of sp³-hybridized carbons (Fsp3) is 0.909. The van der Waals surface area contributed by atoms with Crippen LogP contribution in [0.1, 0.15) is 19.3 Å². The zero-order valence-corrected chi connectivity index (χ0v) is 8.83. The zero-order chi connectivity index (χ0) is 9.81. The molecule has 1 aliphatic carbocycles. The Morgan fingerprint density at radius 1 is 1.14 bits per heavy atom. The molecule has 1 saturated carbocycles. The van der Waals surface area contributed by atoms with E-state index in [2.05, 4.69) is 16.8 Å². The van der Waals surface area contributed by atoms with Crippen LogP contribution in [0.4, 0.5) is 0 Å². The molecule has 0 atom stereocenters. The fourth-order valence-electron chi connectivity index (χ4n) is 3.31. The van der Waals surface area contributed by atoms with E-state index in [1.54, 1.807) is 0 Å². The Morgan fingerprint density at radius 3 is 2.36 bits per heavy atom. The fourth-order valence-corrected chi connectivity index (χ4v) is 3.31. The van der Waals surface area contributed by atoms with Crippen molar-refractivity contribution >= 4 is 6.29 Å². The molecule has 0 bridgehead atoms. The lowest BCUT2D eigenvalue weighted by Gasteiger charge is -2.46. The average Bonchev–Trinajstić information content (AvgIpc) is 2.81. The van der Waals surface area contributed by atoms with Crippen LogP contribution in [0, 0.1) is 5.41 Å². The molecular formula is C11H18N2O. The summed E-state index contributed by atoms with van der Waals surface area (Å²) in [6, 6.07) is 0. The van der Waals surface area contributed by atoms with Gasteiger partial charge in [0.15, 0.2) is 0 Å². The van der Waals surface area contributed by atoms with Gasteiger partial charge in [0, 0.05) is 25.0 Å². The third-order valence-electron chi connectivity index (χ3n) is 4.26. The van der Waals surface area contributed by atoms with Crippen molar-refractivity contribution in [3.63, 3.8) is 0 Å². The Morgan fingerprint density at radius 2 is 1.86 bits per heavy atom. The summed E-state index contributed by atoms with van der Waals surface area (Å²) in [5, 5.41) is 0. The summed E-state index contributed by atoms with van der Waals surface area (Å²) < 4.78 is 0. The van der Waals surface area contributed by atoms with E-state index >= 15 is 0 Å². The molecule has 3 fully saturated rings. The van der Waals surface area contributed by atoms with Crippen LogP contribution in [0.2, 0.25) is 0 Å². The first-order valence-corrected chi connectivity index (χ1v) is 5.58. The van der Waals surface area contributed by atoms with E-state index in [0.29, 0.717) is 5.41 Å². The second-order valence-corrected chi connectivity index (χ2v) is 5.57. The normalized spacial score (nSPS) is 34.4. The molecule has 0 N–H and O–H groups in total. The van der Waals surface area contributed by atoms with Crippen LogP contribution in [0.5, 0.6) is 0 Å². The number of carbonyl (C=O) groups is 1. The summed E-state index contributed by atoms with van der Waals surface area (Å²) in [6.45, 7) is 4.78. The minimum Gasteiger partial charge on any atom is -0.305 e. The lowest BCUT2D eigenvalue weighted by Crippen LogP contribution is -2.56. The van der Waals surface area contributed by atoms with Crippen LogP contribution in [0.3, 0.4) is 0 Å². The van der Waals surface area contributed by atoms with E-state index in [1.165, 1.54) is 25.8 Å². The van der Waals surface area contributed by atoms with Gasteiger partial charge in [0.2, 0.25) is 0 Å². The van der Waals surface area contributed by atoms with E-state index in [4.69, 9.17) is 0 Å². The molecule has 0 aromatic rings. The van der Waals surface area contributed by atoms with Gasteiger partial charge in [0.25, 0.3) is 0 Å². The highest BCUT2D eigenvalue weighted by molar-refractivity contribution is 5.69. The van der Waals surface area contributed by atoms with Gasteiger partial charge >= 0.3 is 0 Å². The molecule has 0 aromatic carbocycles. The van der Waals surface area contributed by atoms with Gasteiger partial charge in [0.05, 0.1) is 5.54 Å². The van der Waals surface area contributed by atoms with Gasteiger partial charge in [-0.3, -0.25) is 4.90 Å². The molecular weight excluding hydrogens is 176 g/mol. The molecule has 2 saturated heterocycles. The lowest BCUT2D eigenvalue weighted by molar-refractivity contribution is -0.113. The minimum absolute atomic E-state index is 0.0162. The maximum absolute atomic E-state index is 11.0. The molecule has 0 aromatic heterocycles. The predicted molar refractivity (Wildman–Crippen MR) is 54.1 cm³/mol. The van der Waals surface area contributed by atoms with Crippen LogP contribution in [0.15, 0.2) is 0 Å². The van der Waals surface area contributed by atoms with Crippen molar-refractivity contribution in [2.24, 2.45) is 5.41 Å². The van der Waals surface area contributed by atoms with Crippen molar-refractivity contribution in [3.05, 3.63) is 0 Å². The van der Waals surface area contributed by atoms with Crippen LogP contribution < -0.4 is 0 Å². The number of hydrogen-bond donors (Lipinski definition) is 0. The number of rotatable bonds is 2. The zero-order valence-electron chi connectivity index (χ0n) is 8.83. The molecule has 3 rings (SSSR count). The highest BCUT2D eigenvalue weighted by Crippen LogP contribution is 2.47. The Balaban J connectivity index is 1.68. The number of likely N-dealkylation sites (tertiary alicyclic amines) is 2. The van der Waals surface area contributed by atoms with Crippen molar-refractivity contribution in [2.75, 3.05) is 33.2 Å². The Bertz CT molecular complexity index is 266. The molecule has 78 valence electrons. The van der Waals surface area contributed by atoms with Gasteiger partial charge in [-0.05, 0) is 32.9 Å². The van der Waals surface area contributed by atoms with Crippen molar-refractivity contribution in [1.29, 1.82) is 0 Å². The van der Waals surface area contributed by atoms with Crippen molar-refractivity contribution < 1.29 is 4.79 Å². The molecule has 0 radical (unpaired) electrons. The second kappa shape index (κ2) is 2.58. The van der Waals surface area contributed by atoms with Gasteiger partial charge < -0.3 is 9.69 Å². The summed E-state index contributed by atoms with van der Waals surface area (Å²) >= 11 is 0. The van der Waals surface area contributed by atoms with Crippen molar-refractivity contribution in [2.45, 2.75) is 24.8 Å². The van der Waals surface area contributed by atoms with Crippen molar-refractivity contribution in [3.8, 4) is 0 Å². The second-order valence-electron chi connectivity index (χ2n) is 5.57. The van der Waals surface area contributed by atoms with Crippen LogP contribution >= 0.6 is 0 Å². The first kappa shape index (κ1) is 8.86. The predicted octanol–water partition coefficient (Wildman–Crippen LogP) is 0.355. The highest BCUT2D eigenvalue weighted by Gasteiger charge is 2.55. The third kappa shape index (κ3) is 1.09. The topological polar surface area (TPSA) is 23.6 Å². The monoisotopic (exact) mass is 194 g/mol. The molecule has 1 spiro atoms. The summed E-state index contributed by atoms with van der Waals surface area (Å²) in [5.41, 5.74) is 0.533. The summed E-state index contributed by atoms with van der Waals surface area (Å²) in [6.07, 6.45) is 4.69. The Hall–Kier alpha value is -0.410. The minimum atomic E-state index is -0.0162. The van der Waals surface area contributed by atoms with Crippen LogP contribution in [-0.2, 0) is 4.79 Å². The first-order chi connectivity index (χ1) is 6.68. The number of nitrogens with zero attached hydrogens (tertiary/aromatic N) is 2. The van der Waals surface area contributed by atoms with Crippen LogP contribution in [0.25, 0.3) is 0 Å². The van der Waals surface area contributed by atoms with Crippen LogP contribution in [-0.4, -0.2) is 54.9 Å². The Labute approximate surface area is 85.1 Å². The van der Waals surface area contributed by atoms with E-state index in [1.807, 2.05) is 0 Å². The number of carbonyl (C=O) groups excluding carboxylic acids is 1. The molecule has 2 aliphatic heterocycles. The van der Waals surface area contributed by atoms with E-state index in [9.17, 15) is 4.79 Å². The average molecular weight is 194 g/mol.